The Morgan fingerprint density at radius 3 is 2.66 bits per heavy atom. The maximum absolute atomic E-state index is 15.1. The van der Waals surface area contributed by atoms with Crippen LogP contribution in [0.3, 0.4) is 0 Å². The number of nitrogens with zero attached hydrogens (tertiary/aromatic N) is 5. The third kappa shape index (κ3) is 4.28. The number of carbonyl (C=O) groups excluding carboxylic acids is 3. The lowest BCUT2D eigenvalue weighted by Crippen LogP contribution is -2.52. The van der Waals surface area contributed by atoms with Crippen molar-refractivity contribution in [2.75, 3.05) is 36.8 Å². The quantitative estimate of drug-likeness (QED) is 0.616. The average Bonchev–Trinajstić information content (AvgIpc) is 3.15. The van der Waals surface area contributed by atoms with Gasteiger partial charge in [-0.15, -0.1) is 0 Å². The molecule has 1 unspecified atom stereocenters. The number of benzene rings is 1. The second-order valence-corrected chi connectivity index (χ2v) is 9.00. The zero-order valence-corrected chi connectivity index (χ0v) is 19.0. The van der Waals surface area contributed by atoms with Crippen LogP contribution in [0, 0.1) is 17.1 Å². The number of nitrogens with one attached hydrogen (secondary N) is 1. The van der Waals surface area contributed by atoms with E-state index in [1.165, 1.54) is 17.2 Å². The SMILES string of the molecule is N#Cc1cnc(N)c(CN2CCN(c3cc4c(cc3F)C(=O)N(C3CCC(=O)NC3=O)C4)CC2)c1. The molecule has 3 amide bonds. The van der Waals surface area contributed by atoms with E-state index >= 15 is 4.39 Å². The maximum Gasteiger partial charge on any atom is 0.255 e. The molecule has 0 saturated carbocycles. The molecule has 3 aliphatic rings. The molecule has 0 aliphatic carbocycles. The summed E-state index contributed by atoms with van der Waals surface area (Å²) in [4.78, 5) is 46.2. The number of amides is 3. The highest BCUT2D eigenvalue weighted by atomic mass is 19.1. The lowest BCUT2D eigenvalue weighted by molar-refractivity contribution is -0.136. The fourth-order valence-electron chi connectivity index (χ4n) is 4.92. The second kappa shape index (κ2) is 8.96. The lowest BCUT2D eigenvalue weighted by Gasteiger charge is -2.36. The number of pyridine rings is 1. The summed E-state index contributed by atoms with van der Waals surface area (Å²) in [5.74, 6) is -1.32. The van der Waals surface area contributed by atoms with Crippen molar-refractivity contribution < 1.29 is 18.8 Å². The molecule has 2 fully saturated rings. The van der Waals surface area contributed by atoms with Crippen molar-refractivity contribution in [1.82, 2.24) is 20.1 Å². The average molecular weight is 478 g/mol. The fraction of sp³-hybridized carbons (Fsp3) is 0.375. The summed E-state index contributed by atoms with van der Waals surface area (Å²) in [6, 6.07) is 6.02. The molecule has 0 spiro atoms. The molecule has 2 saturated heterocycles. The zero-order chi connectivity index (χ0) is 24.7. The van der Waals surface area contributed by atoms with Crippen LogP contribution < -0.4 is 16.0 Å². The summed E-state index contributed by atoms with van der Waals surface area (Å²) in [7, 11) is 0. The van der Waals surface area contributed by atoms with E-state index in [1.807, 2.05) is 4.90 Å². The molecule has 3 N–H and O–H groups in total. The predicted molar refractivity (Wildman–Crippen MR) is 123 cm³/mol. The largest absolute Gasteiger partial charge is 0.383 e. The molecule has 1 aromatic heterocycles. The molecule has 2 aromatic rings. The number of nitriles is 1. The van der Waals surface area contributed by atoms with Crippen LogP contribution in [0.5, 0.6) is 0 Å². The minimum Gasteiger partial charge on any atom is -0.383 e. The number of fused-ring (bicyclic) bond motifs is 1. The Morgan fingerprint density at radius 2 is 1.94 bits per heavy atom. The van der Waals surface area contributed by atoms with E-state index in [0.29, 0.717) is 55.4 Å². The number of nitrogens with two attached hydrogens (primary N) is 1. The zero-order valence-electron chi connectivity index (χ0n) is 19.0. The molecule has 180 valence electrons. The standard InChI is InChI=1S/C24H24FN7O3/c25-18-9-17-15(13-32(24(17)35)19-1-2-21(33)29-23(19)34)8-20(18)31-5-3-30(4-6-31)12-16-7-14(10-26)11-28-22(16)27/h7-9,11,19H,1-6,12-13H2,(H2,27,28)(H,29,33,34). The van der Waals surface area contributed by atoms with Crippen LogP contribution in [0.2, 0.25) is 0 Å². The first-order valence-corrected chi connectivity index (χ1v) is 11.4. The molecule has 4 heterocycles. The fourth-order valence-corrected chi connectivity index (χ4v) is 4.92. The van der Waals surface area contributed by atoms with E-state index in [0.717, 1.165) is 5.56 Å². The highest BCUT2D eigenvalue weighted by Gasteiger charge is 2.40. The summed E-state index contributed by atoms with van der Waals surface area (Å²) < 4.78 is 15.1. The van der Waals surface area contributed by atoms with Crippen molar-refractivity contribution in [3.05, 3.63) is 52.5 Å². The highest BCUT2D eigenvalue weighted by molar-refractivity contribution is 6.05. The Morgan fingerprint density at radius 1 is 1.17 bits per heavy atom. The molecule has 1 atom stereocenters. The smallest absolute Gasteiger partial charge is 0.255 e. The molecule has 0 bridgehead atoms. The van der Waals surface area contributed by atoms with Gasteiger partial charge in [-0.05, 0) is 30.2 Å². The van der Waals surface area contributed by atoms with Gasteiger partial charge in [-0.3, -0.25) is 24.6 Å². The second-order valence-electron chi connectivity index (χ2n) is 9.00. The van der Waals surface area contributed by atoms with E-state index in [4.69, 9.17) is 11.0 Å². The van der Waals surface area contributed by atoms with Crippen LogP contribution in [0.4, 0.5) is 15.9 Å². The number of piperazine rings is 1. The van der Waals surface area contributed by atoms with Crippen molar-refractivity contribution in [2.45, 2.75) is 32.0 Å². The highest BCUT2D eigenvalue weighted by Crippen LogP contribution is 2.33. The minimum absolute atomic E-state index is 0.170. The minimum atomic E-state index is -0.732. The molecule has 11 heteroatoms. The number of halogens is 1. The number of hydrogen-bond acceptors (Lipinski definition) is 8. The van der Waals surface area contributed by atoms with E-state index in [-0.39, 0.29) is 30.9 Å². The van der Waals surface area contributed by atoms with Gasteiger partial charge in [-0.25, -0.2) is 9.37 Å². The van der Waals surface area contributed by atoms with Crippen LogP contribution in [0.25, 0.3) is 0 Å². The van der Waals surface area contributed by atoms with Gasteiger partial charge in [0.05, 0.1) is 11.3 Å². The Labute approximate surface area is 201 Å². The van der Waals surface area contributed by atoms with Gasteiger partial charge in [0.15, 0.2) is 0 Å². The summed E-state index contributed by atoms with van der Waals surface area (Å²) >= 11 is 0. The van der Waals surface area contributed by atoms with Crippen LogP contribution in [0.15, 0.2) is 24.4 Å². The number of imide groups is 1. The number of anilines is 2. The normalized spacial score (nSPS) is 20.6. The van der Waals surface area contributed by atoms with Gasteiger partial charge < -0.3 is 15.5 Å². The molecular formula is C24H24FN7O3. The van der Waals surface area contributed by atoms with Gasteiger partial charge in [0.25, 0.3) is 5.91 Å². The van der Waals surface area contributed by atoms with Crippen LogP contribution in [-0.4, -0.2) is 64.7 Å². The van der Waals surface area contributed by atoms with E-state index < -0.39 is 23.7 Å². The van der Waals surface area contributed by atoms with Crippen molar-refractivity contribution in [3.63, 3.8) is 0 Å². The van der Waals surface area contributed by atoms with Crippen molar-refractivity contribution in [2.24, 2.45) is 0 Å². The van der Waals surface area contributed by atoms with Gasteiger partial charge in [0.1, 0.15) is 23.7 Å². The van der Waals surface area contributed by atoms with E-state index in [2.05, 4.69) is 21.3 Å². The van der Waals surface area contributed by atoms with Gasteiger partial charge in [-0.2, -0.15) is 5.26 Å². The number of carbonyl (C=O) groups is 3. The number of rotatable bonds is 4. The number of nitrogen functional groups attached to an aromatic ring is 1. The lowest BCUT2D eigenvalue weighted by atomic mass is 10.0. The van der Waals surface area contributed by atoms with Crippen LogP contribution in [-0.2, 0) is 22.7 Å². The molecule has 1 aromatic carbocycles. The molecular weight excluding hydrogens is 453 g/mol. The Bertz CT molecular complexity index is 1270. The first kappa shape index (κ1) is 22.7. The summed E-state index contributed by atoms with van der Waals surface area (Å²) in [5, 5.41) is 11.4. The molecule has 0 radical (unpaired) electrons. The van der Waals surface area contributed by atoms with Crippen LogP contribution >= 0.6 is 0 Å². The first-order valence-electron chi connectivity index (χ1n) is 11.4. The van der Waals surface area contributed by atoms with Gasteiger partial charge >= 0.3 is 0 Å². The van der Waals surface area contributed by atoms with Crippen molar-refractivity contribution in [1.29, 1.82) is 5.26 Å². The van der Waals surface area contributed by atoms with E-state index in [1.54, 1.807) is 12.1 Å². The van der Waals surface area contributed by atoms with Gasteiger partial charge in [0.2, 0.25) is 11.8 Å². The maximum atomic E-state index is 15.1. The van der Waals surface area contributed by atoms with Crippen LogP contribution in [0.1, 0.15) is 39.9 Å². The summed E-state index contributed by atoms with van der Waals surface area (Å²) in [6.07, 6.45) is 1.88. The monoisotopic (exact) mass is 477 g/mol. The van der Waals surface area contributed by atoms with Gasteiger partial charge in [-0.1, -0.05) is 0 Å². The van der Waals surface area contributed by atoms with Crippen molar-refractivity contribution >= 4 is 29.2 Å². The third-order valence-corrected chi connectivity index (χ3v) is 6.83. The Hall–Kier alpha value is -4.04. The molecule has 10 nitrogen and oxygen atoms in total. The molecule has 35 heavy (non-hydrogen) atoms. The van der Waals surface area contributed by atoms with Gasteiger partial charge in [0, 0.05) is 63.0 Å². The number of piperidine rings is 1. The topological polar surface area (TPSA) is 136 Å². The predicted octanol–water partition coefficient (Wildman–Crippen LogP) is 0.758. The van der Waals surface area contributed by atoms with Crippen molar-refractivity contribution in [3.8, 4) is 6.07 Å². The number of aromatic nitrogens is 1. The molecule has 5 rings (SSSR count). The summed E-state index contributed by atoms with van der Waals surface area (Å²) in [6.45, 7) is 3.22. The first-order chi connectivity index (χ1) is 16.8. The Kier molecular flexibility index (Phi) is 5.82. The van der Waals surface area contributed by atoms with E-state index in [9.17, 15) is 14.4 Å². The molecule has 3 aliphatic heterocycles. The Balaban J connectivity index is 1.27. The summed E-state index contributed by atoms with van der Waals surface area (Å²) in [5.41, 5.74) is 8.56. The number of hydrogen-bond donors (Lipinski definition) is 2. The third-order valence-electron chi connectivity index (χ3n) is 6.83.